The maximum Gasteiger partial charge on any atom is 1.00 e. The van der Waals surface area contributed by atoms with Crippen molar-refractivity contribution in [2.45, 2.75) is 13.8 Å². The zero-order valence-corrected chi connectivity index (χ0v) is 9.89. The van der Waals surface area contributed by atoms with Gasteiger partial charge in [0.15, 0.2) is 0 Å². The molecule has 4 heteroatoms. The Morgan fingerprint density at radius 3 is 2.11 bits per heavy atom. The molecule has 0 aromatic carbocycles. The molecule has 0 spiro atoms. The smallest absolute Gasteiger partial charge is 1.00 e. The first kappa shape index (κ1) is 13.0. The molecule has 0 unspecified atom stereocenters. The second kappa shape index (κ2) is 9.40. The second-order valence-corrected chi connectivity index (χ2v) is 2.81. The van der Waals surface area contributed by atoms with Gasteiger partial charge >= 0.3 is 29.6 Å². The summed E-state index contributed by atoms with van der Waals surface area (Å²) in [6, 6.07) is 0. The fourth-order valence-corrected chi connectivity index (χ4v) is 1.22. The molecule has 0 saturated carbocycles. The standard InChI is InChI=1S/C5H11NS2.Na.H/c1-3-6(4-2)8-5-7;;/h5H,3-4H2,1-2H3;;/q;+1;-1. The normalized spacial score (nSPS) is 8.78. The van der Waals surface area contributed by atoms with E-state index in [0.717, 1.165) is 13.1 Å². The van der Waals surface area contributed by atoms with Crippen LogP contribution in [-0.2, 0) is 0 Å². The second-order valence-electron chi connectivity index (χ2n) is 1.32. The van der Waals surface area contributed by atoms with Crippen molar-refractivity contribution in [1.82, 2.24) is 4.31 Å². The van der Waals surface area contributed by atoms with E-state index in [2.05, 4.69) is 30.4 Å². The van der Waals surface area contributed by atoms with Crippen LogP contribution in [0, 0.1) is 0 Å². The van der Waals surface area contributed by atoms with Crippen LogP contribution in [-0.4, -0.2) is 22.1 Å². The monoisotopic (exact) mass is 173 g/mol. The summed E-state index contributed by atoms with van der Waals surface area (Å²) in [4.78, 5) is 0. The molecule has 0 amide bonds. The van der Waals surface area contributed by atoms with Crippen molar-refractivity contribution in [3.63, 3.8) is 0 Å². The molecule has 0 aliphatic carbocycles. The van der Waals surface area contributed by atoms with Crippen LogP contribution in [0.5, 0.6) is 0 Å². The van der Waals surface area contributed by atoms with Crippen LogP contribution in [0.25, 0.3) is 0 Å². The Hall–Kier alpha value is 1.40. The molecule has 0 aromatic heterocycles. The third kappa shape index (κ3) is 7.30. The third-order valence-corrected chi connectivity index (χ3v) is 2.06. The summed E-state index contributed by atoms with van der Waals surface area (Å²) in [5.74, 6) is 0. The average molecular weight is 173 g/mol. The summed E-state index contributed by atoms with van der Waals surface area (Å²) >= 11 is 6.26. The molecular formula is C5H12NNaS2. The molecule has 0 aliphatic rings. The first-order valence-corrected chi connectivity index (χ1v) is 4.01. The molecule has 0 radical (unpaired) electrons. The largest absolute Gasteiger partial charge is 1.00 e. The van der Waals surface area contributed by atoms with Crippen LogP contribution < -0.4 is 29.6 Å². The van der Waals surface area contributed by atoms with Gasteiger partial charge in [-0.3, -0.25) is 0 Å². The quantitative estimate of drug-likeness (QED) is 0.307. The minimum Gasteiger partial charge on any atom is -1.00 e. The van der Waals surface area contributed by atoms with Crippen molar-refractivity contribution in [3.8, 4) is 0 Å². The van der Waals surface area contributed by atoms with Gasteiger partial charge in [0.2, 0.25) is 0 Å². The third-order valence-electron chi connectivity index (χ3n) is 0.898. The Balaban J connectivity index is -0.000000245. The van der Waals surface area contributed by atoms with E-state index < -0.39 is 0 Å². The van der Waals surface area contributed by atoms with E-state index in [1.807, 2.05) is 0 Å². The van der Waals surface area contributed by atoms with Crippen molar-refractivity contribution in [2.24, 2.45) is 0 Å². The molecular weight excluding hydrogens is 161 g/mol. The molecule has 0 saturated heterocycles. The molecule has 0 aromatic rings. The summed E-state index contributed by atoms with van der Waals surface area (Å²) in [6.07, 6.45) is 0. The summed E-state index contributed by atoms with van der Waals surface area (Å²) in [5.41, 5.74) is 0. The molecule has 0 heterocycles. The van der Waals surface area contributed by atoms with Crippen LogP contribution >= 0.6 is 24.2 Å². The summed E-state index contributed by atoms with van der Waals surface area (Å²) in [5, 5.41) is 0. The molecule has 9 heavy (non-hydrogen) atoms. The minimum absolute atomic E-state index is 0. The van der Waals surface area contributed by atoms with Gasteiger partial charge in [0, 0.05) is 17.8 Å². The Labute approximate surface area is 90.5 Å². The van der Waals surface area contributed by atoms with Crippen molar-refractivity contribution in [3.05, 3.63) is 0 Å². The van der Waals surface area contributed by atoms with Gasteiger partial charge in [0.1, 0.15) is 0 Å². The SMILES string of the molecule is CCN(CC)SC=S.[H-].[Na+]. The molecule has 0 N–H and O–H groups in total. The van der Waals surface area contributed by atoms with Gasteiger partial charge in [-0.25, -0.2) is 4.31 Å². The molecule has 50 valence electrons. The molecule has 0 rings (SSSR count). The fourth-order valence-electron chi connectivity index (χ4n) is 0.434. The van der Waals surface area contributed by atoms with Crippen LogP contribution in [0.2, 0.25) is 0 Å². The van der Waals surface area contributed by atoms with Crippen molar-refractivity contribution in [1.29, 1.82) is 0 Å². The Bertz CT molecular complexity index is 70.7. The van der Waals surface area contributed by atoms with Gasteiger partial charge in [-0.1, -0.05) is 26.1 Å². The van der Waals surface area contributed by atoms with Gasteiger partial charge in [0.05, 0.1) is 0 Å². The first-order chi connectivity index (χ1) is 3.85. The number of nitrogens with zero attached hydrogens (tertiary/aromatic N) is 1. The molecule has 0 aliphatic heterocycles. The first-order valence-electron chi connectivity index (χ1n) is 2.70. The number of hydrogen-bond acceptors (Lipinski definition) is 3. The van der Waals surface area contributed by atoms with E-state index in [1.54, 1.807) is 16.6 Å². The number of thiocarbonyl (C=S) groups is 1. The van der Waals surface area contributed by atoms with E-state index >= 15 is 0 Å². The van der Waals surface area contributed by atoms with E-state index in [9.17, 15) is 0 Å². The van der Waals surface area contributed by atoms with Gasteiger partial charge in [0.25, 0.3) is 0 Å². The number of hydrogen-bond donors (Lipinski definition) is 0. The molecule has 0 atom stereocenters. The van der Waals surface area contributed by atoms with Gasteiger partial charge in [-0.15, -0.1) is 0 Å². The summed E-state index contributed by atoms with van der Waals surface area (Å²) in [6.45, 7) is 6.37. The van der Waals surface area contributed by atoms with Gasteiger partial charge < -0.3 is 1.43 Å². The zero-order valence-electron chi connectivity index (χ0n) is 7.26. The maximum absolute atomic E-state index is 4.66. The predicted molar refractivity (Wildman–Crippen MR) is 45.3 cm³/mol. The van der Waals surface area contributed by atoms with E-state index in [-0.39, 0.29) is 31.0 Å². The number of rotatable bonds is 4. The van der Waals surface area contributed by atoms with Gasteiger partial charge in [-0.2, -0.15) is 0 Å². The van der Waals surface area contributed by atoms with Crippen LogP contribution in [0.1, 0.15) is 15.3 Å². The van der Waals surface area contributed by atoms with Crippen molar-refractivity contribution >= 4 is 28.9 Å². The van der Waals surface area contributed by atoms with E-state index in [0.29, 0.717) is 0 Å². The average Bonchev–Trinajstić information content (AvgIpc) is 1.83. The van der Waals surface area contributed by atoms with Crippen molar-refractivity contribution < 1.29 is 31.0 Å². The van der Waals surface area contributed by atoms with E-state index in [4.69, 9.17) is 0 Å². The summed E-state index contributed by atoms with van der Waals surface area (Å²) in [7, 11) is 0. The van der Waals surface area contributed by atoms with Crippen LogP contribution in [0.15, 0.2) is 0 Å². The van der Waals surface area contributed by atoms with E-state index in [1.165, 1.54) is 0 Å². The topological polar surface area (TPSA) is 3.24 Å². The molecule has 0 bridgehead atoms. The fraction of sp³-hybridized carbons (Fsp3) is 0.800. The van der Waals surface area contributed by atoms with Crippen LogP contribution in [0.4, 0.5) is 0 Å². The molecule has 0 fully saturated rings. The Morgan fingerprint density at radius 1 is 1.56 bits per heavy atom. The Morgan fingerprint density at radius 2 is 2.00 bits per heavy atom. The van der Waals surface area contributed by atoms with Crippen LogP contribution in [0.3, 0.4) is 0 Å². The molecule has 1 nitrogen and oxygen atoms in total. The predicted octanol–water partition coefficient (Wildman–Crippen LogP) is -0.950. The zero-order chi connectivity index (χ0) is 6.41. The summed E-state index contributed by atoms with van der Waals surface area (Å²) < 4.78 is 3.88. The van der Waals surface area contributed by atoms with Gasteiger partial charge in [-0.05, 0) is 11.9 Å². The maximum atomic E-state index is 4.66. The minimum atomic E-state index is 0. The van der Waals surface area contributed by atoms with Crippen molar-refractivity contribution in [2.75, 3.05) is 13.1 Å². The Kier molecular flexibility index (Phi) is 13.6.